The number of methoxy groups -OCH3 is 2. The molecule has 0 N–H and O–H groups in total. The standard InChI is InChI=1S/C19H18F3N3O5/c1-11-8-15(19(20,21)22)23-25(11)13-6-4-12(5-7-13)24-10-30-9-14(17(26)28-2)16(24)18(27)29-3/h4-8H,9-10H2,1-3H3. The lowest BCUT2D eigenvalue weighted by atomic mass is 10.1. The van der Waals surface area contributed by atoms with Crippen LogP contribution in [0.4, 0.5) is 18.9 Å². The van der Waals surface area contributed by atoms with Crippen molar-refractivity contribution in [3.8, 4) is 5.69 Å². The van der Waals surface area contributed by atoms with Crippen LogP contribution in [0.15, 0.2) is 41.6 Å². The minimum absolute atomic E-state index is 0.00239. The Morgan fingerprint density at radius 2 is 1.67 bits per heavy atom. The van der Waals surface area contributed by atoms with E-state index in [9.17, 15) is 22.8 Å². The highest BCUT2D eigenvalue weighted by atomic mass is 19.4. The fourth-order valence-corrected chi connectivity index (χ4v) is 3.00. The third kappa shape index (κ3) is 4.01. The Bertz CT molecular complexity index is 996. The smallest absolute Gasteiger partial charge is 0.435 e. The number of carbonyl (C=O) groups excluding carboxylic acids is 2. The lowest BCUT2D eigenvalue weighted by molar-refractivity contribution is -0.141. The van der Waals surface area contributed by atoms with Gasteiger partial charge < -0.3 is 19.1 Å². The normalized spacial score (nSPS) is 14.7. The van der Waals surface area contributed by atoms with Crippen molar-refractivity contribution < 1.29 is 37.0 Å². The predicted molar refractivity (Wildman–Crippen MR) is 97.7 cm³/mol. The van der Waals surface area contributed by atoms with Gasteiger partial charge in [0.15, 0.2) is 5.69 Å². The van der Waals surface area contributed by atoms with E-state index in [1.54, 1.807) is 12.1 Å². The molecule has 0 unspecified atom stereocenters. The Balaban J connectivity index is 1.98. The third-order valence-electron chi connectivity index (χ3n) is 4.42. The number of esters is 2. The fraction of sp³-hybridized carbons (Fsp3) is 0.316. The molecule has 8 nitrogen and oxygen atoms in total. The van der Waals surface area contributed by atoms with Crippen LogP contribution in [0.25, 0.3) is 5.69 Å². The van der Waals surface area contributed by atoms with E-state index in [1.807, 2.05) is 0 Å². The zero-order valence-electron chi connectivity index (χ0n) is 16.3. The van der Waals surface area contributed by atoms with Gasteiger partial charge in [0.2, 0.25) is 0 Å². The van der Waals surface area contributed by atoms with Crippen molar-refractivity contribution in [1.29, 1.82) is 0 Å². The number of anilines is 1. The van der Waals surface area contributed by atoms with Crippen LogP contribution in [0.1, 0.15) is 11.4 Å². The highest BCUT2D eigenvalue weighted by molar-refractivity contribution is 6.03. The lowest BCUT2D eigenvalue weighted by Crippen LogP contribution is -2.38. The quantitative estimate of drug-likeness (QED) is 0.697. The first-order valence-corrected chi connectivity index (χ1v) is 8.66. The van der Waals surface area contributed by atoms with Crippen molar-refractivity contribution in [2.24, 2.45) is 0 Å². The van der Waals surface area contributed by atoms with E-state index in [0.717, 1.165) is 10.7 Å². The average Bonchev–Trinajstić information content (AvgIpc) is 3.14. The summed E-state index contributed by atoms with van der Waals surface area (Å²) in [5.41, 5.74) is 0.129. The molecule has 0 radical (unpaired) electrons. The molecule has 0 amide bonds. The minimum atomic E-state index is -4.55. The molecule has 11 heteroatoms. The number of rotatable bonds is 4. The summed E-state index contributed by atoms with van der Waals surface area (Å²) < 4.78 is 54.8. The lowest BCUT2D eigenvalue weighted by Gasteiger charge is -2.31. The number of carbonyl (C=O) groups is 2. The summed E-state index contributed by atoms with van der Waals surface area (Å²) in [5, 5.41) is 3.61. The molecule has 0 fully saturated rings. The van der Waals surface area contributed by atoms with Gasteiger partial charge in [0.1, 0.15) is 12.4 Å². The minimum Gasteiger partial charge on any atom is -0.466 e. The molecule has 0 saturated heterocycles. The van der Waals surface area contributed by atoms with Crippen LogP contribution in [0.3, 0.4) is 0 Å². The van der Waals surface area contributed by atoms with E-state index in [4.69, 9.17) is 14.2 Å². The van der Waals surface area contributed by atoms with E-state index >= 15 is 0 Å². The second kappa shape index (κ2) is 8.19. The predicted octanol–water partition coefficient (Wildman–Crippen LogP) is 2.59. The van der Waals surface area contributed by atoms with E-state index < -0.39 is 23.8 Å². The van der Waals surface area contributed by atoms with Crippen LogP contribution in [0.5, 0.6) is 0 Å². The number of halogens is 3. The van der Waals surface area contributed by atoms with Crippen LogP contribution in [0, 0.1) is 6.92 Å². The van der Waals surface area contributed by atoms with Crippen molar-refractivity contribution in [3.05, 3.63) is 53.0 Å². The number of hydrogen-bond donors (Lipinski definition) is 0. The van der Waals surface area contributed by atoms with Crippen molar-refractivity contribution >= 4 is 17.6 Å². The van der Waals surface area contributed by atoms with Gasteiger partial charge in [0.05, 0.1) is 32.1 Å². The van der Waals surface area contributed by atoms with Gasteiger partial charge in [-0.2, -0.15) is 18.3 Å². The van der Waals surface area contributed by atoms with Gasteiger partial charge in [-0.3, -0.25) is 0 Å². The second-order valence-electron chi connectivity index (χ2n) is 6.31. The van der Waals surface area contributed by atoms with Crippen LogP contribution >= 0.6 is 0 Å². The molecule has 3 rings (SSSR count). The molecule has 1 aliphatic rings. The molecule has 160 valence electrons. The number of aromatic nitrogens is 2. The first-order chi connectivity index (χ1) is 14.2. The summed E-state index contributed by atoms with van der Waals surface area (Å²) >= 11 is 0. The molecule has 30 heavy (non-hydrogen) atoms. The molecule has 0 bridgehead atoms. The largest absolute Gasteiger partial charge is 0.466 e. The molecule has 0 saturated carbocycles. The third-order valence-corrected chi connectivity index (χ3v) is 4.42. The Morgan fingerprint density at radius 3 is 2.20 bits per heavy atom. The molecule has 2 aromatic rings. The summed E-state index contributed by atoms with van der Waals surface area (Å²) in [4.78, 5) is 25.8. The van der Waals surface area contributed by atoms with Crippen molar-refractivity contribution in [2.45, 2.75) is 13.1 Å². The number of alkyl halides is 3. The van der Waals surface area contributed by atoms with Gasteiger partial charge in [0.25, 0.3) is 0 Å². The SMILES string of the molecule is COC(=O)C1=C(C(=O)OC)N(c2ccc(-n3nc(C(F)(F)F)cc3C)cc2)COC1. The highest BCUT2D eigenvalue weighted by Gasteiger charge is 2.35. The molecule has 0 spiro atoms. The topological polar surface area (TPSA) is 82.9 Å². The van der Waals surface area contributed by atoms with Gasteiger partial charge in [0, 0.05) is 11.4 Å². The maximum Gasteiger partial charge on any atom is 0.435 e. The molecule has 1 aromatic heterocycles. The zero-order valence-corrected chi connectivity index (χ0v) is 16.3. The Kier molecular flexibility index (Phi) is 5.83. The number of ether oxygens (including phenoxy) is 3. The first-order valence-electron chi connectivity index (χ1n) is 8.66. The van der Waals surface area contributed by atoms with Crippen LogP contribution in [-0.2, 0) is 30.0 Å². The maximum atomic E-state index is 12.9. The van der Waals surface area contributed by atoms with Crippen LogP contribution in [-0.4, -0.2) is 49.3 Å². The summed E-state index contributed by atoms with van der Waals surface area (Å²) in [7, 11) is 2.36. The van der Waals surface area contributed by atoms with E-state index in [2.05, 4.69) is 5.10 Å². The molecular weight excluding hydrogens is 407 g/mol. The van der Waals surface area contributed by atoms with Gasteiger partial charge in [-0.05, 0) is 37.3 Å². The number of aryl methyl sites for hydroxylation is 1. The number of nitrogens with zero attached hydrogens (tertiary/aromatic N) is 3. The Morgan fingerprint density at radius 1 is 1.07 bits per heavy atom. The van der Waals surface area contributed by atoms with Gasteiger partial charge in [-0.25, -0.2) is 14.3 Å². The van der Waals surface area contributed by atoms with Gasteiger partial charge in [-0.1, -0.05) is 0 Å². The van der Waals surface area contributed by atoms with Crippen LogP contribution < -0.4 is 4.90 Å². The van der Waals surface area contributed by atoms with Crippen molar-refractivity contribution in [3.63, 3.8) is 0 Å². The van der Waals surface area contributed by atoms with Crippen molar-refractivity contribution in [2.75, 3.05) is 32.5 Å². The second-order valence-corrected chi connectivity index (χ2v) is 6.31. The molecule has 0 aliphatic carbocycles. The van der Waals surface area contributed by atoms with Gasteiger partial charge >= 0.3 is 18.1 Å². The van der Waals surface area contributed by atoms with Crippen molar-refractivity contribution in [1.82, 2.24) is 9.78 Å². The molecule has 2 heterocycles. The van der Waals surface area contributed by atoms with E-state index in [1.165, 1.54) is 38.2 Å². The molecule has 1 aromatic carbocycles. The summed E-state index contributed by atoms with van der Waals surface area (Å²) in [6.07, 6.45) is -4.55. The average molecular weight is 425 g/mol. The molecule has 1 aliphatic heterocycles. The summed E-state index contributed by atoms with van der Waals surface area (Å²) in [5.74, 6) is -1.48. The fourth-order valence-electron chi connectivity index (χ4n) is 3.00. The number of hydrogen-bond acceptors (Lipinski definition) is 7. The van der Waals surface area contributed by atoms with E-state index in [-0.39, 0.29) is 24.6 Å². The van der Waals surface area contributed by atoms with Crippen LogP contribution in [0.2, 0.25) is 0 Å². The Hall–Kier alpha value is -3.34. The highest BCUT2D eigenvalue weighted by Crippen LogP contribution is 2.31. The first kappa shape index (κ1) is 21.4. The molecule has 0 atom stereocenters. The monoisotopic (exact) mass is 425 g/mol. The summed E-state index contributed by atoms with van der Waals surface area (Å²) in [6.45, 7) is 1.34. The number of benzene rings is 1. The Labute approximate surface area is 169 Å². The maximum absolute atomic E-state index is 12.9. The van der Waals surface area contributed by atoms with E-state index in [0.29, 0.717) is 17.1 Å². The zero-order chi connectivity index (χ0) is 22.1. The van der Waals surface area contributed by atoms with Gasteiger partial charge in [-0.15, -0.1) is 0 Å². The summed E-state index contributed by atoms with van der Waals surface area (Å²) in [6, 6.07) is 7.16. The molecular formula is C19H18F3N3O5.